The molecule has 0 fully saturated rings. The van der Waals surface area contributed by atoms with Gasteiger partial charge in [0.2, 0.25) is 0 Å². The molecule has 10 heteroatoms. The van der Waals surface area contributed by atoms with Gasteiger partial charge in [-0.3, -0.25) is 14.6 Å². The van der Waals surface area contributed by atoms with Crippen LogP contribution in [0.3, 0.4) is 0 Å². The van der Waals surface area contributed by atoms with Crippen molar-refractivity contribution >= 4 is 29.3 Å². The third kappa shape index (κ3) is 8.93. The van der Waals surface area contributed by atoms with Crippen LogP contribution in [0.15, 0.2) is 71.7 Å². The summed E-state index contributed by atoms with van der Waals surface area (Å²) in [6.07, 6.45) is -0.204. The molecule has 0 aliphatic rings. The monoisotopic (exact) mass is 548 g/mol. The van der Waals surface area contributed by atoms with E-state index in [1.165, 1.54) is 7.11 Å². The van der Waals surface area contributed by atoms with Crippen LogP contribution in [-0.2, 0) is 4.74 Å². The van der Waals surface area contributed by atoms with Crippen molar-refractivity contribution in [3.8, 4) is 17.2 Å². The molecule has 10 nitrogen and oxygen atoms in total. The Bertz CT molecular complexity index is 1330. The number of hydrogen-bond acceptors (Lipinski definition) is 8. The molecule has 0 atom stereocenters. The average Bonchev–Trinajstić information content (AvgIpc) is 2.92. The predicted molar refractivity (Wildman–Crippen MR) is 152 cm³/mol. The number of rotatable bonds is 11. The Balaban J connectivity index is 1.69. The molecule has 0 saturated heterocycles. The Morgan fingerprint density at radius 2 is 1.45 bits per heavy atom. The summed E-state index contributed by atoms with van der Waals surface area (Å²) in [4.78, 5) is 29.9. The maximum absolute atomic E-state index is 13.3. The first-order valence-electron chi connectivity index (χ1n) is 12.7. The van der Waals surface area contributed by atoms with E-state index in [0.29, 0.717) is 40.6 Å². The van der Waals surface area contributed by atoms with Gasteiger partial charge in [-0.1, -0.05) is 32.9 Å². The zero-order valence-corrected chi connectivity index (χ0v) is 23.3. The van der Waals surface area contributed by atoms with Gasteiger partial charge in [0.25, 0.3) is 11.8 Å². The molecule has 0 radical (unpaired) electrons. The topological polar surface area (TPSA) is 131 Å². The van der Waals surface area contributed by atoms with E-state index in [0.717, 1.165) is 0 Å². The van der Waals surface area contributed by atoms with E-state index in [1.807, 2.05) is 0 Å². The fraction of sp³-hybridized carbons (Fsp3) is 0.300. The Hall–Kier alpha value is -4.73. The van der Waals surface area contributed by atoms with Gasteiger partial charge in [0.1, 0.15) is 23.3 Å². The molecule has 2 N–H and O–H groups in total. The highest BCUT2D eigenvalue weighted by atomic mass is 16.6. The van der Waals surface area contributed by atoms with Gasteiger partial charge in [-0.15, -0.1) is 0 Å². The number of benzene rings is 3. The molecule has 0 saturated carbocycles. The smallest absolute Gasteiger partial charge is 0.259 e. The maximum Gasteiger partial charge on any atom is 0.259 e. The Labute approximate surface area is 233 Å². The van der Waals surface area contributed by atoms with Crippen molar-refractivity contribution < 1.29 is 33.6 Å². The number of amides is 2. The number of nitrogens with one attached hydrogen (secondary N) is 2. The second-order valence-electron chi connectivity index (χ2n) is 9.61. The molecule has 0 aliphatic heterocycles. The van der Waals surface area contributed by atoms with E-state index >= 15 is 0 Å². The van der Waals surface area contributed by atoms with Crippen molar-refractivity contribution in [1.82, 2.24) is 0 Å². The summed E-state index contributed by atoms with van der Waals surface area (Å²) in [7, 11) is 3.07. The largest absolute Gasteiger partial charge is 0.595 e. The van der Waals surface area contributed by atoms with Crippen LogP contribution < -0.4 is 30.0 Å². The summed E-state index contributed by atoms with van der Waals surface area (Å²) in [6, 6.07) is 18.4. The van der Waals surface area contributed by atoms with Crippen LogP contribution in [0, 0.1) is 0 Å². The molecule has 3 rings (SSSR count). The van der Waals surface area contributed by atoms with Gasteiger partial charge in [-0.25, -0.2) is 0 Å². The number of ether oxygens (including phenoxy) is 4. The molecule has 40 heavy (non-hydrogen) atoms. The molecule has 2 amide bonds. The number of anilines is 2. The first-order valence-corrected chi connectivity index (χ1v) is 12.7. The fourth-order valence-corrected chi connectivity index (χ4v) is 3.48. The van der Waals surface area contributed by atoms with Crippen molar-refractivity contribution in [2.45, 2.75) is 32.8 Å². The Morgan fingerprint density at radius 3 is 2.05 bits per heavy atom. The van der Waals surface area contributed by atoms with Gasteiger partial charge in [0.15, 0.2) is 0 Å². The van der Waals surface area contributed by atoms with E-state index in [1.54, 1.807) is 94.6 Å². The number of hydrogen-bond donors (Lipinski definition) is 2. The third-order valence-electron chi connectivity index (χ3n) is 5.40. The van der Waals surface area contributed by atoms with Gasteiger partial charge < -0.3 is 34.7 Å². The molecule has 0 spiro atoms. The van der Waals surface area contributed by atoms with E-state index < -0.39 is 17.6 Å². The van der Waals surface area contributed by atoms with E-state index in [-0.39, 0.29) is 24.6 Å². The Kier molecular flexibility index (Phi) is 10.4. The normalized spacial score (nSPS) is 11.4. The van der Waals surface area contributed by atoms with Crippen molar-refractivity contribution in [1.29, 1.82) is 0 Å². The summed E-state index contributed by atoms with van der Waals surface area (Å²) in [5.41, 5.74) is 0.924. The summed E-state index contributed by atoms with van der Waals surface area (Å²) < 4.78 is 21.4. The van der Waals surface area contributed by atoms with Crippen molar-refractivity contribution in [3.05, 3.63) is 77.9 Å². The van der Waals surface area contributed by atoms with Crippen LogP contribution in [0.1, 0.15) is 47.9 Å². The zero-order chi connectivity index (χ0) is 29.1. The number of carbonyl (C=O) groups excluding carboxylic acids is 2. The second-order valence-corrected chi connectivity index (χ2v) is 9.61. The minimum atomic E-state index is -0.633. The van der Waals surface area contributed by atoms with Crippen molar-refractivity contribution in [3.63, 3.8) is 0 Å². The van der Waals surface area contributed by atoms with Gasteiger partial charge in [0, 0.05) is 30.2 Å². The molecule has 0 heterocycles. The van der Waals surface area contributed by atoms with Crippen molar-refractivity contribution in [2.75, 3.05) is 38.0 Å². The van der Waals surface area contributed by atoms with E-state index in [2.05, 4.69) is 15.6 Å². The third-order valence-corrected chi connectivity index (χ3v) is 5.40. The fourth-order valence-electron chi connectivity index (χ4n) is 3.48. The van der Waals surface area contributed by atoms with Crippen LogP contribution in [0.2, 0.25) is 0 Å². The van der Waals surface area contributed by atoms with Gasteiger partial charge in [-0.05, 0) is 48.5 Å². The number of aliphatic imine (C=N–C) groups is 1. The van der Waals surface area contributed by atoms with Crippen molar-refractivity contribution in [2.24, 2.45) is 4.99 Å². The van der Waals surface area contributed by atoms with Crippen LogP contribution in [-0.4, -0.2) is 50.9 Å². The molecule has 3 aromatic carbocycles. The van der Waals surface area contributed by atoms with Gasteiger partial charge in [-0.2, -0.15) is 0 Å². The van der Waals surface area contributed by atoms with Crippen LogP contribution in [0.5, 0.6) is 17.2 Å². The lowest BCUT2D eigenvalue weighted by Gasteiger charge is -2.29. The summed E-state index contributed by atoms with van der Waals surface area (Å²) >= 11 is 0. The Morgan fingerprint density at radius 1 is 0.850 bits per heavy atom. The molecule has 0 unspecified atom stereocenters. The predicted octanol–water partition coefficient (Wildman–Crippen LogP) is 4.51. The number of nitrogens with zero attached hydrogens (tertiary/aromatic N) is 1. The lowest BCUT2D eigenvalue weighted by atomic mass is 10.1. The first-order chi connectivity index (χ1) is 19.1. The molecule has 0 aromatic heterocycles. The maximum atomic E-state index is 13.3. The summed E-state index contributed by atoms with van der Waals surface area (Å²) in [5, 5.41) is 17.4. The van der Waals surface area contributed by atoms with E-state index in [9.17, 15) is 14.7 Å². The number of para-hydroxylation sites is 2. The minimum Gasteiger partial charge on any atom is -0.595 e. The molecular formula is C30H34N3O7-. The molecule has 3 aromatic rings. The quantitative estimate of drug-likeness (QED) is 0.205. The highest BCUT2D eigenvalue weighted by molar-refractivity contribution is 6.10. The number of methoxy groups -OCH3 is 2. The standard InChI is InChI=1S/C30H35N3O7/c1-30(2,3)40-29(36)31-17-8-18-39-26-19-22(38-5)15-16-23(26)28(35)33-25-10-7-6-9-24(25)32-27(34)20-11-13-21(37-4)14-12-20/h6-7,9-16,19H,8,17-18H2,1-5H3,(H,31,36)(H,32,34)(H,33,35)/p-1. The van der Waals surface area contributed by atoms with Crippen LogP contribution >= 0.6 is 0 Å². The first kappa shape index (κ1) is 29.8. The average molecular weight is 549 g/mol. The number of carbonyl (C=O) groups is 2. The minimum absolute atomic E-state index is 0.203. The lowest BCUT2D eigenvalue weighted by Crippen LogP contribution is -2.32. The van der Waals surface area contributed by atoms with Gasteiger partial charge in [0.05, 0.1) is 37.8 Å². The molecule has 212 valence electrons. The molecule has 0 aliphatic carbocycles. The molecular weight excluding hydrogens is 514 g/mol. The SMILES string of the molecule is COc1ccc(C(=O)Nc2ccccc2NC(=O)c2ccc(OC)cc2OCCCN=C([O-])OC(C)(C)C)cc1. The molecule has 0 bridgehead atoms. The highest BCUT2D eigenvalue weighted by Crippen LogP contribution is 2.28. The zero-order valence-electron chi connectivity index (χ0n) is 23.3. The van der Waals surface area contributed by atoms with Crippen LogP contribution in [0.4, 0.5) is 11.4 Å². The highest BCUT2D eigenvalue weighted by Gasteiger charge is 2.17. The van der Waals surface area contributed by atoms with Gasteiger partial charge >= 0.3 is 0 Å². The second kappa shape index (κ2) is 13.9. The lowest BCUT2D eigenvalue weighted by molar-refractivity contribution is -0.260. The summed E-state index contributed by atoms with van der Waals surface area (Å²) in [6.45, 7) is 5.72. The van der Waals surface area contributed by atoms with Crippen LogP contribution in [0.25, 0.3) is 0 Å². The summed E-state index contributed by atoms with van der Waals surface area (Å²) in [5.74, 6) is 0.669. The van der Waals surface area contributed by atoms with E-state index in [4.69, 9.17) is 18.9 Å².